The van der Waals surface area contributed by atoms with Crippen molar-refractivity contribution < 1.29 is 33.8 Å². The number of nitrogens with zero attached hydrogens (tertiary/aromatic N) is 1. The smallest absolute Gasteiger partial charge is 0.352 e. The Bertz CT molecular complexity index is 840. The van der Waals surface area contributed by atoms with Crippen molar-refractivity contribution in [2.75, 3.05) is 19.5 Å². The summed E-state index contributed by atoms with van der Waals surface area (Å²) in [6.07, 6.45) is -0.205. The van der Waals surface area contributed by atoms with E-state index >= 15 is 0 Å². The molecule has 0 unspecified atom stereocenters. The Morgan fingerprint density at radius 1 is 1.29 bits per heavy atom. The zero-order valence-corrected chi connectivity index (χ0v) is 15.7. The molecule has 2 aliphatic heterocycles. The summed E-state index contributed by atoms with van der Waals surface area (Å²) in [4.78, 5) is 48.8. The molecular weight excluding hydrogens is 388 g/mol. The fraction of sp³-hybridized carbons (Fsp3) is 0.333. The quantitative estimate of drug-likeness (QED) is 0.492. The number of β-lactam (4-membered cyclic amide) rings is 1. The van der Waals surface area contributed by atoms with Crippen molar-refractivity contribution in [3.63, 3.8) is 0 Å². The number of esters is 1. The lowest BCUT2D eigenvalue weighted by Gasteiger charge is -2.49. The number of thioether (sulfide) groups is 1. The van der Waals surface area contributed by atoms with Gasteiger partial charge < -0.3 is 19.9 Å². The van der Waals surface area contributed by atoms with Gasteiger partial charge in [-0.25, -0.2) is 4.79 Å². The van der Waals surface area contributed by atoms with Crippen LogP contribution in [0.15, 0.2) is 41.6 Å². The Morgan fingerprint density at radius 3 is 2.64 bits per heavy atom. The first-order chi connectivity index (χ1) is 13.4. The molecule has 148 valence electrons. The van der Waals surface area contributed by atoms with Gasteiger partial charge in [0, 0.05) is 5.75 Å². The lowest BCUT2D eigenvalue weighted by Crippen LogP contribution is -2.70. The predicted molar refractivity (Wildman–Crippen MR) is 98.3 cm³/mol. The molecule has 1 fully saturated rings. The molecule has 1 aromatic carbocycles. The SMILES string of the molecule is COC(=O)CC1=C(C(=O)O)N2C(=O)[C@@H](NC(=O)COc3ccccc3)[C@H]2SC1. The molecule has 0 aliphatic carbocycles. The number of hydrogen-bond acceptors (Lipinski definition) is 7. The number of hydrogen-bond donors (Lipinski definition) is 2. The van der Waals surface area contributed by atoms with Crippen molar-refractivity contribution in [2.45, 2.75) is 17.8 Å². The van der Waals surface area contributed by atoms with Gasteiger partial charge in [-0.15, -0.1) is 11.8 Å². The van der Waals surface area contributed by atoms with Crippen molar-refractivity contribution in [1.29, 1.82) is 0 Å². The molecular formula is C18H18N2O7S. The minimum Gasteiger partial charge on any atom is -0.484 e. The summed E-state index contributed by atoms with van der Waals surface area (Å²) in [5.74, 6) is -2.13. The number of fused-ring (bicyclic) bond motifs is 1. The number of amides is 2. The van der Waals surface area contributed by atoms with E-state index in [9.17, 15) is 24.3 Å². The number of nitrogens with one attached hydrogen (secondary N) is 1. The standard InChI is InChI=1S/C18H18N2O7S/c1-26-13(22)7-10-9-28-17-14(16(23)20(17)15(10)18(24)25)19-12(21)8-27-11-5-3-2-4-6-11/h2-6,14,17H,7-9H2,1H3,(H,19,21)(H,24,25)/t14-,17-/m1/s1. The van der Waals surface area contributed by atoms with Crippen LogP contribution >= 0.6 is 11.8 Å². The predicted octanol–water partition coefficient (Wildman–Crippen LogP) is 0.367. The van der Waals surface area contributed by atoms with Crippen molar-refractivity contribution >= 4 is 35.5 Å². The molecule has 28 heavy (non-hydrogen) atoms. The summed E-state index contributed by atoms with van der Waals surface area (Å²) in [6.45, 7) is -0.263. The van der Waals surface area contributed by atoms with E-state index < -0.39 is 35.2 Å². The van der Waals surface area contributed by atoms with Crippen molar-refractivity contribution in [3.8, 4) is 5.75 Å². The molecule has 0 spiro atoms. The molecule has 0 bridgehead atoms. The minimum absolute atomic E-state index is 0.205. The zero-order chi connectivity index (χ0) is 20.3. The summed E-state index contributed by atoms with van der Waals surface area (Å²) < 4.78 is 9.92. The van der Waals surface area contributed by atoms with Gasteiger partial charge in [0.25, 0.3) is 11.8 Å². The first kappa shape index (κ1) is 19.7. The summed E-state index contributed by atoms with van der Waals surface area (Å²) in [5.41, 5.74) is 0.0938. The van der Waals surface area contributed by atoms with Gasteiger partial charge in [0.2, 0.25) is 0 Å². The molecule has 1 aromatic rings. The van der Waals surface area contributed by atoms with Crippen LogP contribution in [0.3, 0.4) is 0 Å². The molecule has 9 nitrogen and oxygen atoms in total. The Balaban J connectivity index is 1.64. The van der Waals surface area contributed by atoms with E-state index in [2.05, 4.69) is 10.1 Å². The second-order valence-electron chi connectivity index (χ2n) is 6.07. The average Bonchev–Trinajstić information content (AvgIpc) is 2.70. The number of benzene rings is 1. The van der Waals surface area contributed by atoms with Gasteiger partial charge in [-0.05, 0) is 17.7 Å². The highest BCUT2D eigenvalue weighted by molar-refractivity contribution is 8.00. The molecule has 0 saturated carbocycles. The second-order valence-corrected chi connectivity index (χ2v) is 7.17. The van der Waals surface area contributed by atoms with E-state index in [-0.39, 0.29) is 24.5 Å². The van der Waals surface area contributed by atoms with E-state index in [4.69, 9.17) is 4.74 Å². The number of carboxylic acid groups (broad SMARTS) is 1. The van der Waals surface area contributed by atoms with Crippen LogP contribution in [0.4, 0.5) is 0 Å². The van der Waals surface area contributed by atoms with Gasteiger partial charge in [0.15, 0.2) is 6.61 Å². The highest BCUT2D eigenvalue weighted by Gasteiger charge is 2.54. The number of rotatable bonds is 7. The van der Waals surface area contributed by atoms with Crippen LogP contribution in [0.1, 0.15) is 6.42 Å². The number of carbonyl (C=O) groups excluding carboxylic acids is 3. The Hall–Kier alpha value is -3.01. The summed E-state index contributed by atoms with van der Waals surface area (Å²) in [6, 6.07) is 7.92. The maximum atomic E-state index is 12.5. The topological polar surface area (TPSA) is 122 Å². The molecule has 2 N–H and O–H groups in total. The lowest BCUT2D eigenvalue weighted by atomic mass is 10.0. The zero-order valence-electron chi connectivity index (χ0n) is 14.9. The summed E-state index contributed by atoms with van der Waals surface area (Å²) >= 11 is 1.28. The number of aliphatic carboxylic acids is 1. The molecule has 2 heterocycles. The van der Waals surface area contributed by atoms with E-state index in [1.54, 1.807) is 24.3 Å². The van der Waals surface area contributed by atoms with E-state index in [0.717, 1.165) is 4.90 Å². The third kappa shape index (κ3) is 3.96. The number of carbonyl (C=O) groups is 4. The Morgan fingerprint density at radius 2 is 2.00 bits per heavy atom. The third-order valence-corrected chi connectivity index (χ3v) is 5.60. The second kappa shape index (κ2) is 8.34. The Kier molecular flexibility index (Phi) is 5.88. The fourth-order valence-corrected chi connectivity index (χ4v) is 4.29. The number of ether oxygens (including phenoxy) is 2. The molecule has 2 aliphatic rings. The van der Waals surface area contributed by atoms with Crippen LogP contribution in [0.25, 0.3) is 0 Å². The van der Waals surface area contributed by atoms with Gasteiger partial charge in [-0.3, -0.25) is 19.3 Å². The van der Waals surface area contributed by atoms with Crippen LogP contribution in [0.2, 0.25) is 0 Å². The fourth-order valence-electron chi connectivity index (χ4n) is 2.95. The van der Waals surface area contributed by atoms with E-state index in [0.29, 0.717) is 11.3 Å². The average molecular weight is 406 g/mol. The number of carboxylic acids is 1. The highest BCUT2D eigenvalue weighted by Crippen LogP contribution is 2.41. The first-order valence-electron chi connectivity index (χ1n) is 8.36. The van der Waals surface area contributed by atoms with Gasteiger partial charge in [-0.2, -0.15) is 0 Å². The van der Waals surface area contributed by atoms with Gasteiger partial charge in [0.05, 0.1) is 13.5 Å². The number of para-hydroxylation sites is 1. The molecule has 2 atom stereocenters. The maximum Gasteiger partial charge on any atom is 0.352 e. The van der Waals surface area contributed by atoms with Crippen molar-refractivity contribution in [2.24, 2.45) is 0 Å². The molecule has 10 heteroatoms. The minimum atomic E-state index is -1.30. The maximum absolute atomic E-state index is 12.5. The van der Waals surface area contributed by atoms with Crippen LogP contribution in [-0.4, -0.2) is 64.6 Å². The van der Waals surface area contributed by atoms with Crippen molar-refractivity contribution in [3.05, 3.63) is 41.6 Å². The van der Waals surface area contributed by atoms with Crippen LogP contribution < -0.4 is 10.1 Å². The highest BCUT2D eigenvalue weighted by atomic mass is 32.2. The third-order valence-electron chi connectivity index (χ3n) is 4.26. The lowest BCUT2D eigenvalue weighted by molar-refractivity contribution is -0.151. The monoisotopic (exact) mass is 406 g/mol. The van der Waals surface area contributed by atoms with Gasteiger partial charge in [-0.1, -0.05) is 18.2 Å². The largest absolute Gasteiger partial charge is 0.484 e. The molecule has 1 saturated heterocycles. The van der Waals surface area contributed by atoms with Gasteiger partial charge in [0.1, 0.15) is 22.9 Å². The molecule has 3 rings (SSSR count). The van der Waals surface area contributed by atoms with Crippen LogP contribution in [0, 0.1) is 0 Å². The van der Waals surface area contributed by atoms with E-state index in [1.807, 2.05) is 6.07 Å². The molecule has 2 amide bonds. The van der Waals surface area contributed by atoms with Crippen LogP contribution in [0.5, 0.6) is 5.75 Å². The Labute approximate surface area is 164 Å². The summed E-state index contributed by atoms with van der Waals surface area (Å²) in [7, 11) is 1.21. The number of methoxy groups -OCH3 is 1. The van der Waals surface area contributed by atoms with E-state index in [1.165, 1.54) is 18.9 Å². The van der Waals surface area contributed by atoms with Crippen LogP contribution in [-0.2, 0) is 23.9 Å². The van der Waals surface area contributed by atoms with Crippen molar-refractivity contribution in [1.82, 2.24) is 10.2 Å². The molecule has 0 aromatic heterocycles. The normalized spacial score (nSPS) is 20.8. The van der Waals surface area contributed by atoms with Gasteiger partial charge >= 0.3 is 11.9 Å². The first-order valence-corrected chi connectivity index (χ1v) is 9.41. The summed E-state index contributed by atoms with van der Waals surface area (Å²) in [5, 5.41) is 11.5. The molecule has 0 radical (unpaired) electrons.